The standard InChI is InChI=1S/C20H17BrClN3O2/c1-27-10-9-25(19-4-2-3-18(21)24-19)20(26)16-11-15(12-23-13-16)14-5-7-17(22)8-6-14/h2-8,11-13H,9-10H2,1H3. The maximum absolute atomic E-state index is 13.2. The van der Waals surface area contributed by atoms with Gasteiger partial charge in [-0.3, -0.25) is 14.7 Å². The Morgan fingerprint density at radius 2 is 1.93 bits per heavy atom. The molecule has 3 aromatic rings. The van der Waals surface area contributed by atoms with E-state index in [1.165, 1.54) is 0 Å². The molecule has 0 radical (unpaired) electrons. The third kappa shape index (κ3) is 4.91. The second-order valence-corrected chi connectivity index (χ2v) is 6.99. The number of methoxy groups -OCH3 is 1. The van der Waals surface area contributed by atoms with Crippen LogP contribution in [0.5, 0.6) is 0 Å². The van der Waals surface area contributed by atoms with Crippen LogP contribution in [0.4, 0.5) is 5.82 Å². The Hall–Kier alpha value is -2.28. The number of hydrogen-bond donors (Lipinski definition) is 0. The summed E-state index contributed by atoms with van der Waals surface area (Å²) in [5, 5.41) is 0.658. The minimum atomic E-state index is -0.194. The zero-order valence-corrected chi connectivity index (χ0v) is 16.9. The van der Waals surface area contributed by atoms with Crippen LogP contribution >= 0.6 is 27.5 Å². The summed E-state index contributed by atoms with van der Waals surface area (Å²) in [5.41, 5.74) is 2.25. The number of pyridine rings is 2. The molecule has 0 spiro atoms. The van der Waals surface area contributed by atoms with Crippen molar-refractivity contribution < 1.29 is 9.53 Å². The van der Waals surface area contributed by atoms with Gasteiger partial charge in [0.25, 0.3) is 5.91 Å². The molecule has 0 bridgehead atoms. The summed E-state index contributed by atoms with van der Waals surface area (Å²) in [6.45, 7) is 0.772. The van der Waals surface area contributed by atoms with Gasteiger partial charge in [-0.1, -0.05) is 29.8 Å². The van der Waals surface area contributed by atoms with E-state index in [1.54, 1.807) is 30.5 Å². The number of nitrogens with zero attached hydrogens (tertiary/aromatic N) is 3. The molecular weight excluding hydrogens is 430 g/mol. The van der Waals surface area contributed by atoms with Gasteiger partial charge in [0, 0.05) is 30.1 Å². The van der Waals surface area contributed by atoms with Crippen LogP contribution in [-0.4, -0.2) is 36.1 Å². The van der Waals surface area contributed by atoms with Gasteiger partial charge in [0.15, 0.2) is 0 Å². The summed E-state index contributed by atoms with van der Waals surface area (Å²) >= 11 is 9.30. The number of amides is 1. The number of hydrogen-bond acceptors (Lipinski definition) is 4. The fourth-order valence-electron chi connectivity index (χ4n) is 2.56. The fourth-order valence-corrected chi connectivity index (χ4v) is 3.02. The summed E-state index contributed by atoms with van der Waals surface area (Å²) in [7, 11) is 1.60. The number of carbonyl (C=O) groups excluding carboxylic acids is 1. The van der Waals surface area contributed by atoms with E-state index >= 15 is 0 Å². The van der Waals surface area contributed by atoms with Crippen molar-refractivity contribution in [3.63, 3.8) is 0 Å². The van der Waals surface area contributed by atoms with Crippen molar-refractivity contribution in [1.29, 1.82) is 0 Å². The molecule has 2 heterocycles. The largest absolute Gasteiger partial charge is 0.383 e. The summed E-state index contributed by atoms with van der Waals surface area (Å²) in [4.78, 5) is 23.4. The fraction of sp³-hybridized carbons (Fsp3) is 0.150. The number of halogens is 2. The highest BCUT2D eigenvalue weighted by molar-refractivity contribution is 9.10. The van der Waals surface area contributed by atoms with Crippen LogP contribution in [0.15, 0.2) is 65.5 Å². The molecule has 1 amide bonds. The normalized spacial score (nSPS) is 10.6. The first kappa shape index (κ1) is 19.5. The molecular formula is C20H17BrClN3O2. The zero-order valence-electron chi connectivity index (χ0n) is 14.6. The predicted octanol–water partition coefficient (Wildman–Crippen LogP) is 4.85. The van der Waals surface area contributed by atoms with Crippen molar-refractivity contribution in [3.8, 4) is 11.1 Å². The monoisotopic (exact) mass is 445 g/mol. The molecule has 2 aromatic heterocycles. The van der Waals surface area contributed by atoms with E-state index in [2.05, 4.69) is 25.9 Å². The quantitative estimate of drug-likeness (QED) is 0.508. The third-order valence-corrected chi connectivity index (χ3v) is 4.60. The summed E-state index contributed by atoms with van der Waals surface area (Å²) in [5.74, 6) is 0.351. The van der Waals surface area contributed by atoms with Gasteiger partial charge in [-0.15, -0.1) is 0 Å². The summed E-state index contributed by atoms with van der Waals surface area (Å²) in [6, 6.07) is 14.7. The average molecular weight is 447 g/mol. The van der Waals surface area contributed by atoms with Gasteiger partial charge in [0.2, 0.25) is 0 Å². The highest BCUT2D eigenvalue weighted by Gasteiger charge is 2.20. The molecule has 0 N–H and O–H groups in total. The van der Waals surface area contributed by atoms with Crippen LogP contribution in [-0.2, 0) is 4.74 Å². The van der Waals surface area contributed by atoms with Crippen molar-refractivity contribution in [3.05, 3.63) is 76.1 Å². The highest BCUT2D eigenvalue weighted by Crippen LogP contribution is 2.23. The molecule has 27 heavy (non-hydrogen) atoms. The van der Waals surface area contributed by atoms with E-state index in [1.807, 2.05) is 42.5 Å². The summed E-state index contributed by atoms with van der Waals surface area (Å²) < 4.78 is 5.81. The van der Waals surface area contributed by atoms with Crippen LogP contribution in [0.3, 0.4) is 0 Å². The van der Waals surface area contributed by atoms with Crippen molar-refractivity contribution in [1.82, 2.24) is 9.97 Å². The SMILES string of the molecule is COCCN(C(=O)c1cncc(-c2ccc(Cl)cc2)c1)c1cccc(Br)n1. The van der Waals surface area contributed by atoms with Crippen molar-refractivity contribution in [2.24, 2.45) is 0 Å². The molecule has 0 unspecified atom stereocenters. The van der Waals surface area contributed by atoms with E-state index in [0.717, 1.165) is 11.1 Å². The van der Waals surface area contributed by atoms with E-state index in [-0.39, 0.29) is 5.91 Å². The molecule has 1 aromatic carbocycles. The van der Waals surface area contributed by atoms with Crippen LogP contribution in [0.25, 0.3) is 11.1 Å². The van der Waals surface area contributed by atoms with E-state index < -0.39 is 0 Å². The lowest BCUT2D eigenvalue weighted by Crippen LogP contribution is -2.34. The number of anilines is 1. The molecule has 0 fully saturated rings. The number of benzene rings is 1. The van der Waals surface area contributed by atoms with Crippen LogP contribution < -0.4 is 4.90 Å². The Labute approximate surface area is 171 Å². The second-order valence-electron chi connectivity index (χ2n) is 5.74. The maximum Gasteiger partial charge on any atom is 0.261 e. The van der Waals surface area contributed by atoms with E-state index in [4.69, 9.17) is 16.3 Å². The van der Waals surface area contributed by atoms with Gasteiger partial charge in [0.05, 0.1) is 18.7 Å². The zero-order chi connectivity index (χ0) is 19.2. The first-order valence-electron chi connectivity index (χ1n) is 8.23. The number of carbonyl (C=O) groups is 1. The first-order valence-corrected chi connectivity index (χ1v) is 9.40. The molecule has 5 nitrogen and oxygen atoms in total. The minimum Gasteiger partial charge on any atom is -0.383 e. The first-order chi connectivity index (χ1) is 13.1. The molecule has 0 saturated heterocycles. The van der Waals surface area contributed by atoms with Gasteiger partial charge >= 0.3 is 0 Å². The number of rotatable bonds is 6. The van der Waals surface area contributed by atoms with Crippen LogP contribution in [0.2, 0.25) is 5.02 Å². The second kappa shape index (κ2) is 9.08. The van der Waals surface area contributed by atoms with Gasteiger partial charge in [-0.2, -0.15) is 0 Å². The van der Waals surface area contributed by atoms with Gasteiger partial charge in [0.1, 0.15) is 10.4 Å². The topological polar surface area (TPSA) is 55.3 Å². The van der Waals surface area contributed by atoms with Crippen molar-refractivity contribution in [2.75, 3.05) is 25.2 Å². The summed E-state index contributed by atoms with van der Waals surface area (Å²) in [6.07, 6.45) is 3.27. The lowest BCUT2D eigenvalue weighted by atomic mass is 10.1. The lowest BCUT2D eigenvalue weighted by Gasteiger charge is -2.21. The Morgan fingerprint density at radius 3 is 2.63 bits per heavy atom. The molecule has 0 aliphatic rings. The van der Waals surface area contributed by atoms with Gasteiger partial charge in [-0.05, 0) is 51.8 Å². The molecule has 7 heteroatoms. The highest BCUT2D eigenvalue weighted by atomic mass is 79.9. The minimum absolute atomic E-state index is 0.194. The number of aromatic nitrogens is 2. The lowest BCUT2D eigenvalue weighted by molar-refractivity contribution is 0.0974. The van der Waals surface area contributed by atoms with Crippen molar-refractivity contribution in [2.45, 2.75) is 0 Å². The maximum atomic E-state index is 13.2. The van der Waals surface area contributed by atoms with Crippen LogP contribution in [0, 0.1) is 0 Å². The smallest absolute Gasteiger partial charge is 0.261 e. The van der Waals surface area contributed by atoms with Crippen LogP contribution in [0.1, 0.15) is 10.4 Å². The number of ether oxygens (including phenoxy) is 1. The molecule has 0 aliphatic heterocycles. The molecule has 3 rings (SSSR count). The third-order valence-electron chi connectivity index (χ3n) is 3.90. The molecule has 138 valence electrons. The Kier molecular flexibility index (Phi) is 6.55. The van der Waals surface area contributed by atoms with Crippen molar-refractivity contribution >= 4 is 39.3 Å². The average Bonchev–Trinajstić information content (AvgIpc) is 2.69. The van der Waals surface area contributed by atoms with Gasteiger partial charge in [-0.25, -0.2) is 4.98 Å². The predicted molar refractivity (Wildman–Crippen MR) is 110 cm³/mol. The molecule has 0 aliphatic carbocycles. The van der Waals surface area contributed by atoms with Gasteiger partial charge < -0.3 is 4.74 Å². The van der Waals surface area contributed by atoms with E-state index in [0.29, 0.717) is 34.2 Å². The molecule has 0 saturated carbocycles. The Morgan fingerprint density at radius 1 is 1.15 bits per heavy atom. The van der Waals surface area contributed by atoms with E-state index in [9.17, 15) is 4.79 Å². The molecule has 0 atom stereocenters. The Balaban J connectivity index is 1.93. The Bertz CT molecular complexity index is 935.